The zero-order valence-electron chi connectivity index (χ0n) is 26.9. The Bertz CT molecular complexity index is 1280. The van der Waals surface area contributed by atoms with Crippen molar-refractivity contribution in [3.63, 3.8) is 0 Å². The molecule has 4 aliphatic carbocycles. The molecular weight excluding hydrogens is 492 g/mol. The molecule has 6 rings (SSSR count). The van der Waals surface area contributed by atoms with Crippen LogP contribution in [0.3, 0.4) is 0 Å². The maximum absolute atomic E-state index is 2.76. The molecule has 0 nitrogen and oxygen atoms in total. The molecule has 2 aromatic rings. The highest BCUT2D eigenvalue weighted by atomic mass is 14.6. The van der Waals surface area contributed by atoms with Crippen LogP contribution in [-0.4, -0.2) is 0 Å². The van der Waals surface area contributed by atoms with Gasteiger partial charge in [0.05, 0.1) is 0 Å². The Morgan fingerprint density at radius 1 is 0.488 bits per heavy atom. The molecular formula is C41H52. The van der Waals surface area contributed by atoms with Crippen molar-refractivity contribution in [1.29, 1.82) is 0 Å². The Labute approximate surface area is 250 Å². The van der Waals surface area contributed by atoms with Crippen molar-refractivity contribution in [3.05, 3.63) is 107 Å². The average Bonchev–Trinajstić information content (AvgIpc) is 3.59. The number of allylic oxidation sites excluding steroid dienone is 8. The second kappa shape index (κ2) is 10.3. The zero-order valence-corrected chi connectivity index (χ0v) is 26.9. The summed E-state index contributed by atoms with van der Waals surface area (Å²) in [5.41, 5.74) is 9.27. The van der Waals surface area contributed by atoms with Gasteiger partial charge in [-0.25, -0.2) is 0 Å². The molecule has 0 heterocycles. The van der Waals surface area contributed by atoms with Crippen LogP contribution in [0.4, 0.5) is 0 Å². The fourth-order valence-electron chi connectivity index (χ4n) is 9.23. The summed E-state index contributed by atoms with van der Waals surface area (Å²) in [7, 11) is 0. The summed E-state index contributed by atoms with van der Waals surface area (Å²) in [6.45, 7) is 19.7. The molecule has 4 aliphatic rings. The maximum Gasteiger partial charge on any atom is -0.00919 e. The second-order valence-electron chi connectivity index (χ2n) is 16.2. The van der Waals surface area contributed by atoms with E-state index in [1.807, 2.05) is 0 Å². The van der Waals surface area contributed by atoms with Crippen molar-refractivity contribution in [2.75, 3.05) is 0 Å². The van der Waals surface area contributed by atoms with Crippen molar-refractivity contribution >= 4 is 11.1 Å². The first-order valence-electron chi connectivity index (χ1n) is 16.4. The Kier molecular flexibility index (Phi) is 7.16. The molecule has 41 heavy (non-hydrogen) atoms. The predicted molar refractivity (Wildman–Crippen MR) is 177 cm³/mol. The van der Waals surface area contributed by atoms with E-state index in [-0.39, 0.29) is 16.2 Å². The largest absolute Gasteiger partial charge is 0.0758 e. The Balaban J connectivity index is 1.57. The van der Waals surface area contributed by atoms with E-state index in [0.29, 0.717) is 29.6 Å². The van der Waals surface area contributed by atoms with Crippen LogP contribution in [0.1, 0.15) is 92.2 Å². The van der Waals surface area contributed by atoms with Crippen molar-refractivity contribution in [2.45, 2.75) is 81.1 Å². The van der Waals surface area contributed by atoms with Crippen molar-refractivity contribution in [2.24, 2.45) is 51.8 Å². The molecule has 2 aromatic carbocycles. The standard InChI is InChI=1S/C41H52/c1-39(2,3)36-25-32-33-26-37(40(4,5)6)31(28-19-13-10-14-20-28)24-35(33)38(41(7,8)29-21-15-16-22-29)34(32)23-30(36)27-17-11-9-12-18-27/h9-14,17-20,23-26,29,32-35,38H,15-16,21-22H2,1-8H3. The zero-order chi connectivity index (χ0) is 29.2. The Hall–Kier alpha value is -2.60. The van der Waals surface area contributed by atoms with Crippen LogP contribution >= 0.6 is 0 Å². The minimum absolute atomic E-state index is 0.0947. The summed E-state index contributed by atoms with van der Waals surface area (Å²) in [5, 5.41) is 0. The molecule has 0 N–H and O–H groups in total. The van der Waals surface area contributed by atoms with Crippen LogP contribution in [0.2, 0.25) is 0 Å². The lowest BCUT2D eigenvalue weighted by Gasteiger charge is -2.45. The first-order chi connectivity index (χ1) is 19.4. The summed E-state index contributed by atoms with van der Waals surface area (Å²) in [6, 6.07) is 22.5. The van der Waals surface area contributed by atoms with Gasteiger partial charge in [0.25, 0.3) is 0 Å². The van der Waals surface area contributed by atoms with E-state index in [2.05, 4.69) is 140 Å². The number of fused-ring (bicyclic) bond motifs is 3. The highest BCUT2D eigenvalue weighted by molar-refractivity contribution is 5.84. The quantitative estimate of drug-likeness (QED) is 0.359. The summed E-state index contributed by atoms with van der Waals surface area (Å²) in [6.07, 6.45) is 16.6. The third kappa shape index (κ3) is 5.04. The molecule has 0 radical (unpaired) electrons. The van der Waals surface area contributed by atoms with E-state index in [1.165, 1.54) is 59.1 Å². The summed E-state index contributed by atoms with van der Waals surface area (Å²) in [5.74, 6) is 3.61. The van der Waals surface area contributed by atoms with Gasteiger partial charge in [0.1, 0.15) is 0 Å². The summed E-state index contributed by atoms with van der Waals surface area (Å²) >= 11 is 0. The Morgan fingerprint density at radius 3 is 1.24 bits per heavy atom. The van der Waals surface area contributed by atoms with E-state index in [0.717, 1.165) is 5.92 Å². The van der Waals surface area contributed by atoms with Gasteiger partial charge in [-0.15, -0.1) is 0 Å². The van der Waals surface area contributed by atoms with Gasteiger partial charge in [0.15, 0.2) is 0 Å². The monoisotopic (exact) mass is 544 g/mol. The number of rotatable bonds is 4. The molecule has 0 spiro atoms. The van der Waals surface area contributed by atoms with Crippen LogP contribution in [0.15, 0.2) is 96.1 Å². The molecule has 0 saturated heterocycles. The van der Waals surface area contributed by atoms with E-state index in [4.69, 9.17) is 0 Å². The molecule has 4 atom stereocenters. The maximum atomic E-state index is 2.76. The van der Waals surface area contributed by atoms with Crippen LogP contribution in [-0.2, 0) is 0 Å². The number of hydrogen-bond donors (Lipinski definition) is 0. The van der Waals surface area contributed by atoms with E-state index >= 15 is 0 Å². The molecule has 4 unspecified atom stereocenters. The minimum atomic E-state index is 0.0947. The van der Waals surface area contributed by atoms with Gasteiger partial charge in [-0.2, -0.15) is 0 Å². The van der Waals surface area contributed by atoms with Gasteiger partial charge >= 0.3 is 0 Å². The third-order valence-corrected chi connectivity index (χ3v) is 11.2. The van der Waals surface area contributed by atoms with Gasteiger partial charge in [-0.05, 0) is 98.0 Å². The molecule has 2 saturated carbocycles. The van der Waals surface area contributed by atoms with Gasteiger partial charge in [0.2, 0.25) is 0 Å². The molecule has 0 aliphatic heterocycles. The van der Waals surface area contributed by atoms with Crippen molar-refractivity contribution in [3.8, 4) is 0 Å². The predicted octanol–water partition coefficient (Wildman–Crippen LogP) is 11.4. The molecule has 0 amide bonds. The lowest BCUT2D eigenvalue weighted by Crippen LogP contribution is -2.38. The fraction of sp³-hybridized carbons (Fsp3) is 0.512. The second-order valence-corrected chi connectivity index (χ2v) is 16.2. The molecule has 0 aromatic heterocycles. The normalized spacial score (nSPS) is 28.8. The first-order valence-corrected chi connectivity index (χ1v) is 16.4. The molecule has 0 bridgehead atoms. The van der Waals surface area contributed by atoms with Gasteiger partial charge in [0, 0.05) is 0 Å². The van der Waals surface area contributed by atoms with E-state index < -0.39 is 0 Å². The molecule has 2 fully saturated rings. The molecule has 216 valence electrons. The first kappa shape index (κ1) is 28.5. The van der Waals surface area contributed by atoms with E-state index in [9.17, 15) is 0 Å². The average molecular weight is 545 g/mol. The van der Waals surface area contributed by atoms with Crippen LogP contribution in [0, 0.1) is 51.8 Å². The third-order valence-electron chi connectivity index (χ3n) is 11.2. The van der Waals surface area contributed by atoms with E-state index in [1.54, 1.807) is 0 Å². The highest BCUT2D eigenvalue weighted by Crippen LogP contribution is 2.64. The van der Waals surface area contributed by atoms with Gasteiger partial charge in [-0.3, -0.25) is 0 Å². The fourth-order valence-corrected chi connectivity index (χ4v) is 9.23. The lowest BCUT2D eigenvalue weighted by molar-refractivity contribution is 0.0751. The van der Waals surface area contributed by atoms with Crippen molar-refractivity contribution < 1.29 is 0 Å². The number of benzene rings is 2. The summed E-state index contributed by atoms with van der Waals surface area (Å²) in [4.78, 5) is 0. The van der Waals surface area contributed by atoms with Crippen LogP contribution in [0.25, 0.3) is 11.1 Å². The molecule has 0 heteroatoms. The smallest absolute Gasteiger partial charge is 0.00919 e. The summed E-state index contributed by atoms with van der Waals surface area (Å²) < 4.78 is 0. The Morgan fingerprint density at radius 2 is 0.878 bits per heavy atom. The SMILES string of the molecule is CC(C)(C)C1=CC2C3C=C(C(C)(C)C)C(c4ccccc4)=CC3C(C(C)(C)C3CCCC3)C2C=C1c1ccccc1. The van der Waals surface area contributed by atoms with Gasteiger partial charge < -0.3 is 0 Å². The topological polar surface area (TPSA) is 0 Å². The number of hydrogen-bond acceptors (Lipinski definition) is 0. The van der Waals surface area contributed by atoms with Crippen LogP contribution in [0.5, 0.6) is 0 Å². The van der Waals surface area contributed by atoms with Crippen molar-refractivity contribution in [1.82, 2.24) is 0 Å². The van der Waals surface area contributed by atoms with Crippen LogP contribution < -0.4 is 0 Å². The van der Waals surface area contributed by atoms with Gasteiger partial charge in [-0.1, -0.05) is 153 Å². The highest BCUT2D eigenvalue weighted by Gasteiger charge is 2.57. The lowest BCUT2D eigenvalue weighted by atomic mass is 9.60. The minimum Gasteiger partial charge on any atom is -0.0758 e.